The lowest BCUT2D eigenvalue weighted by Crippen LogP contribution is -2.55. The molecule has 1 saturated heterocycles. The number of amides is 1. The number of benzene rings is 2. The lowest BCUT2D eigenvalue weighted by Gasteiger charge is -2.38. The molecule has 1 aliphatic rings. The Morgan fingerprint density at radius 3 is 2.67 bits per heavy atom. The lowest BCUT2D eigenvalue weighted by atomic mass is 10.00. The second-order valence-electron chi connectivity index (χ2n) is 8.00. The van der Waals surface area contributed by atoms with Gasteiger partial charge in [-0.3, -0.25) is 4.79 Å². The minimum atomic E-state index is -3.10. The predicted molar refractivity (Wildman–Crippen MR) is 118 cm³/mol. The number of nitrogens with zero attached hydrogens (tertiary/aromatic N) is 5. The number of pyridine rings is 1. The molecule has 1 unspecified atom stereocenters. The first-order valence-electron chi connectivity index (χ1n) is 10.6. The molecule has 0 radical (unpaired) electrons. The van der Waals surface area contributed by atoms with E-state index in [1.807, 2.05) is 18.2 Å². The van der Waals surface area contributed by atoms with Crippen molar-refractivity contribution in [3.8, 4) is 11.6 Å². The molecular weight excluding hydrogens is 428 g/mol. The number of piperidine rings is 1. The molecule has 0 aliphatic carbocycles. The normalized spacial score (nSPS) is 17.8. The zero-order valence-electron chi connectivity index (χ0n) is 17.9. The molecule has 33 heavy (non-hydrogen) atoms. The summed E-state index contributed by atoms with van der Waals surface area (Å²) in [5.74, 6) is -3.36. The Morgan fingerprint density at radius 2 is 1.85 bits per heavy atom. The van der Waals surface area contributed by atoms with Gasteiger partial charge in [-0.25, -0.2) is 13.8 Å². The second kappa shape index (κ2) is 8.23. The van der Waals surface area contributed by atoms with Crippen molar-refractivity contribution < 1.29 is 18.3 Å². The molecule has 168 valence electrons. The van der Waals surface area contributed by atoms with E-state index in [0.29, 0.717) is 22.3 Å². The maximum atomic E-state index is 14.8. The van der Waals surface area contributed by atoms with Crippen molar-refractivity contribution in [2.24, 2.45) is 0 Å². The zero-order valence-corrected chi connectivity index (χ0v) is 17.9. The standard InChI is InChI=1S/C24H21F2N5O2/c1-16-5-4-8-19(31-27-12-13-28-31)22(16)23(32)30-14-11-24(25,26)20(15-30)33-21-10-9-17-6-2-3-7-18(17)29-21/h2-10,12-13,20H,11,14-15H2,1H3. The molecule has 4 aromatic rings. The number of ether oxygens (including phenoxy) is 1. The third-order valence-electron chi connectivity index (χ3n) is 5.79. The van der Waals surface area contributed by atoms with Gasteiger partial charge in [0.1, 0.15) is 0 Å². The van der Waals surface area contributed by atoms with Gasteiger partial charge in [0.25, 0.3) is 11.8 Å². The maximum Gasteiger partial charge on any atom is 0.287 e. The summed E-state index contributed by atoms with van der Waals surface area (Å²) >= 11 is 0. The highest BCUT2D eigenvalue weighted by Crippen LogP contribution is 2.33. The number of hydrogen-bond donors (Lipinski definition) is 0. The van der Waals surface area contributed by atoms with Crippen molar-refractivity contribution in [2.75, 3.05) is 13.1 Å². The van der Waals surface area contributed by atoms with Gasteiger partial charge >= 0.3 is 0 Å². The number of aromatic nitrogens is 4. The highest BCUT2D eigenvalue weighted by atomic mass is 19.3. The third kappa shape index (κ3) is 4.02. The van der Waals surface area contributed by atoms with Crippen molar-refractivity contribution in [1.82, 2.24) is 24.9 Å². The molecule has 1 atom stereocenters. The molecule has 0 saturated carbocycles. The van der Waals surface area contributed by atoms with Crippen LogP contribution in [0, 0.1) is 6.92 Å². The second-order valence-corrected chi connectivity index (χ2v) is 8.00. The van der Waals surface area contributed by atoms with Crippen molar-refractivity contribution >= 4 is 16.8 Å². The molecule has 0 spiro atoms. The quantitative estimate of drug-likeness (QED) is 0.470. The SMILES string of the molecule is Cc1cccc(-n2nccn2)c1C(=O)N1CCC(F)(F)C(Oc2ccc3ccccc3n2)C1. The van der Waals surface area contributed by atoms with E-state index in [1.54, 1.807) is 43.3 Å². The van der Waals surface area contributed by atoms with Crippen LogP contribution in [0.4, 0.5) is 8.78 Å². The van der Waals surface area contributed by atoms with Crippen LogP contribution in [-0.4, -0.2) is 55.9 Å². The van der Waals surface area contributed by atoms with E-state index < -0.39 is 18.4 Å². The molecule has 9 heteroatoms. The molecule has 1 fully saturated rings. The van der Waals surface area contributed by atoms with Gasteiger partial charge in [-0.1, -0.05) is 30.3 Å². The molecule has 0 N–H and O–H groups in total. The van der Waals surface area contributed by atoms with Crippen molar-refractivity contribution in [3.05, 3.63) is 78.1 Å². The van der Waals surface area contributed by atoms with Gasteiger partial charge in [0.15, 0.2) is 6.10 Å². The first kappa shape index (κ1) is 21.0. The predicted octanol–water partition coefficient (Wildman–Crippen LogP) is 4.05. The smallest absolute Gasteiger partial charge is 0.287 e. The molecule has 2 aromatic carbocycles. The highest BCUT2D eigenvalue weighted by molar-refractivity contribution is 5.99. The van der Waals surface area contributed by atoms with E-state index in [-0.39, 0.29) is 24.9 Å². The van der Waals surface area contributed by atoms with Gasteiger partial charge in [-0.15, -0.1) is 0 Å². The van der Waals surface area contributed by atoms with E-state index in [0.717, 1.165) is 5.39 Å². The Morgan fingerprint density at radius 1 is 1.06 bits per heavy atom. The fourth-order valence-corrected chi connectivity index (χ4v) is 4.03. The summed E-state index contributed by atoms with van der Waals surface area (Å²) < 4.78 is 35.2. The number of hydrogen-bond acceptors (Lipinski definition) is 5. The van der Waals surface area contributed by atoms with Crippen LogP contribution in [0.25, 0.3) is 16.6 Å². The first-order valence-corrected chi connectivity index (χ1v) is 10.6. The van der Waals surface area contributed by atoms with Gasteiger partial charge in [0.05, 0.1) is 35.7 Å². The average Bonchev–Trinajstić information content (AvgIpc) is 3.35. The molecule has 5 rings (SSSR count). The number of halogens is 2. The highest BCUT2D eigenvalue weighted by Gasteiger charge is 2.47. The topological polar surface area (TPSA) is 73.1 Å². The first-order chi connectivity index (χ1) is 15.9. The number of likely N-dealkylation sites (tertiary alicyclic amines) is 1. The Kier molecular flexibility index (Phi) is 5.24. The summed E-state index contributed by atoms with van der Waals surface area (Å²) in [7, 11) is 0. The summed E-state index contributed by atoms with van der Waals surface area (Å²) in [6.45, 7) is 1.45. The van der Waals surface area contributed by atoms with Crippen LogP contribution in [-0.2, 0) is 0 Å². The number of carbonyl (C=O) groups excluding carboxylic acids is 1. The van der Waals surface area contributed by atoms with Crippen LogP contribution in [0.1, 0.15) is 22.3 Å². The van der Waals surface area contributed by atoms with E-state index in [4.69, 9.17) is 4.74 Å². The lowest BCUT2D eigenvalue weighted by molar-refractivity contribution is -0.131. The van der Waals surface area contributed by atoms with Crippen LogP contribution in [0.15, 0.2) is 67.0 Å². The average molecular weight is 449 g/mol. The number of para-hydroxylation sites is 1. The summed E-state index contributed by atoms with van der Waals surface area (Å²) in [4.78, 5) is 20.6. The van der Waals surface area contributed by atoms with E-state index in [9.17, 15) is 13.6 Å². The van der Waals surface area contributed by atoms with Crippen LogP contribution in [0.5, 0.6) is 5.88 Å². The zero-order chi connectivity index (χ0) is 23.0. The van der Waals surface area contributed by atoms with Gasteiger partial charge in [-0.2, -0.15) is 15.0 Å². The Labute approximate surface area is 188 Å². The Hall–Kier alpha value is -3.88. The van der Waals surface area contributed by atoms with E-state index >= 15 is 0 Å². The molecule has 7 nitrogen and oxygen atoms in total. The number of alkyl halides is 2. The largest absolute Gasteiger partial charge is 0.466 e. The minimum Gasteiger partial charge on any atom is -0.466 e. The number of fused-ring (bicyclic) bond motifs is 1. The molecule has 3 heterocycles. The Bertz CT molecular complexity index is 1310. The summed E-state index contributed by atoms with van der Waals surface area (Å²) in [5, 5.41) is 9.12. The van der Waals surface area contributed by atoms with E-state index in [2.05, 4.69) is 15.2 Å². The van der Waals surface area contributed by atoms with Crippen molar-refractivity contribution in [3.63, 3.8) is 0 Å². The molecule has 1 aliphatic heterocycles. The monoisotopic (exact) mass is 449 g/mol. The van der Waals surface area contributed by atoms with Gasteiger partial charge < -0.3 is 9.64 Å². The minimum absolute atomic E-state index is 0.0862. The van der Waals surface area contributed by atoms with Crippen LogP contribution >= 0.6 is 0 Å². The third-order valence-corrected chi connectivity index (χ3v) is 5.79. The number of rotatable bonds is 4. The summed E-state index contributed by atoms with van der Waals surface area (Å²) in [6, 6.07) is 16.0. The van der Waals surface area contributed by atoms with Crippen LogP contribution < -0.4 is 4.74 Å². The van der Waals surface area contributed by atoms with E-state index in [1.165, 1.54) is 22.1 Å². The van der Waals surface area contributed by atoms with Crippen LogP contribution in [0.3, 0.4) is 0 Å². The van der Waals surface area contributed by atoms with Gasteiger partial charge in [0, 0.05) is 24.4 Å². The van der Waals surface area contributed by atoms with Gasteiger partial charge in [-0.05, 0) is 30.7 Å². The van der Waals surface area contributed by atoms with Crippen molar-refractivity contribution in [1.29, 1.82) is 0 Å². The molecule has 2 aromatic heterocycles. The summed E-state index contributed by atoms with van der Waals surface area (Å²) in [6.07, 6.45) is 1.01. The number of carbonyl (C=O) groups is 1. The number of aryl methyl sites for hydroxylation is 1. The van der Waals surface area contributed by atoms with Crippen LogP contribution in [0.2, 0.25) is 0 Å². The molecular formula is C24H21F2N5O2. The fourth-order valence-electron chi connectivity index (χ4n) is 4.03. The molecule has 1 amide bonds. The van der Waals surface area contributed by atoms with Gasteiger partial charge in [0.2, 0.25) is 5.88 Å². The molecule has 0 bridgehead atoms. The van der Waals surface area contributed by atoms with Crippen molar-refractivity contribution in [2.45, 2.75) is 25.4 Å². The fraction of sp³-hybridized carbons (Fsp3) is 0.250. The Balaban J connectivity index is 1.42. The maximum absolute atomic E-state index is 14.8. The summed E-state index contributed by atoms with van der Waals surface area (Å²) in [5.41, 5.74) is 2.23.